The fourth-order valence-corrected chi connectivity index (χ4v) is 4.48. The highest BCUT2D eigenvalue weighted by Gasteiger charge is 2.31. The second kappa shape index (κ2) is 12.0. The Labute approximate surface area is 246 Å². The van der Waals surface area contributed by atoms with Crippen molar-refractivity contribution in [3.8, 4) is 17.1 Å². The highest BCUT2D eigenvalue weighted by atomic mass is 79.9. The van der Waals surface area contributed by atoms with Gasteiger partial charge in [0.05, 0.1) is 22.7 Å². The van der Waals surface area contributed by atoms with Crippen molar-refractivity contribution < 1.29 is 22.7 Å². The van der Waals surface area contributed by atoms with E-state index < -0.39 is 17.3 Å². The molecule has 11 heteroatoms. The lowest BCUT2D eigenvalue weighted by Gasteiger charge is -2.13. The molecule has 1 heterocycles. The number of carbonyl (C=O) groups is 1. The number of nitrogens with one attached hydrogen (secondary N) is 1. The van der Waals surface area contributed by atoms with E-state index in [2.05, 4.69) is 31.3 Å². The van der Waals surface area contributed by atoms with Crippen LogP contribution in [0, 0.1) is 6.92 Å². The van der Waals surface area contributed by atoms with Crippen LogP contribution >= 0.6 is 15.9 Å². The van der Waals surface area contributed by atoms with Crippen LogP contribution in [0.4, 0.5) is 18.9 Å². The second-order valence-electron chi connectivity index (χ2n) is 9.28. The molecule has 0 spiro atoms. The van der Waals surface area contributed by atoms with Gasteiger partial charge in [0.1, 0.15) is 5.75 Å². The molecule has 5 aromatic rings. The Bertz CT molecular complexity index is 1870. The fourth-order valence-electron chi connectivity index (χ4n) is 4.10. The molecule has 1 amide bonds. The maximum absolute atomic E-state index is 13.5. The summed E-state index contributed by atoms with van der Waals surface area (Å²) in [5.74, 6) is -0.161. The molecule has 42 heavy (non-hydrogen) atoms. The SMILES string of the molecule is Cc1ccc(NC(=O)COc2ccc(Br)cc2C=Nn2c(-c3cccc(C(F)(F)F)c3)nc3ccccc3c2=O)cc1. The lowest BCUT2D eigenvalue weighted by molar-refractivity contribution is -0.137. The van der Waals surface area contributed by atoms with Crippen LogP contribution in [-0.4, -0.2) is 28.4 Å². The van der Waals surface area contributed by atoms with Crippen molar-refractivity contribution in [1.29, 1.82) is 0 Å². The smallest absolute Gasteiger partial charge is 0.416 e. The zero-order valence-electron chi connectivity index (χ0n) is 22.0. The molecule has 0 aliphatic rings. The van der Waals surface area contributed by atoms with Crippen LogP contribution in [0.3, 0.4) is 0 Å². The maximum atomic E-state index is 13.5. The number of anilines is 1. The first-order chi connectivity index (χ1) is 20.1. The Balaban J connectivity index is 1.50. The van der Waals surface area contributed by atoms with Crippen LogP contribution in [0.2, 0.25) is 0 Å². The number of amides is 1. The monoisotopic (exact) mass is 634 g/mol. The molecule has 0 saturated heterocycles. The van der Waals surface area contributed by atoms with Crippen LogP contribution in [0.1, 0.15) is 16.7 Å². The number of para-hydroxylation sites is 1. The van der Waals surface area contributed by atoms with Gasteiger partial charge < -0.3 is 10.1 Å². The van der Waals surface area contributed by atoms with E-state index in [0.717, 1.165) is 22.4 Å². The number of aromatic nitrogens is 2. The first-order valence-corrected chi connectivity index (χ1v) is 13.4. The van der Waals surface area contributed by atoms with E-state index in [1.807, 2.05) is 19.1 Å². The molecule has 1 aromatic heterocycles. The molecule has 0 bridgehead atoms. The zero-order valence-corrected chi connectivity index (χ0v) is 23.6. The van der Waals surface area contributed by atoms with Crippen molar-refractivity contribution in [1.82, 2.24) is 9.66 Å². The van der Waals surface area contributed by atoms with E-state index in [0.29, 0.717) is 27.0 Å². The first kappa shape index (κ1) is 28.7. The molecule has 7 nitrogen and oxygen atoms in total. The van der Waals surface area contributed by atoms with E-state index in [9.17, 15) is 22.8 Å². The predicted molar refractivity (Wildman–Crippen MR) is 159 cm³/mol. The van der Waals surface area contributed by atoms with Gasteiger partial charge in [0.25, 0.3) is 11.5 Å². The Hall–Kier alpha value is -4.77. The molecule has 0 atom stereocenters. The Morgan fingerprint density at radius 1 is 1.02 bits per heavy atom. The van der Waals surface area contributed by atoms with Gasteiger partial charge in [-0.1, -0.05) is 57.9 Å². The summed E-state index contributed by atoms with van der Waals surface area (Å²) in [4.78, 5) is 30.4. The number of alkyl halides is 3. The average molecular weight is 635 g/mol. The van der Waals surface area contributed by atoms with Gasteiger partial charge in [-0.05, 0) is 61.5 Å². The zero-order chi connectivity index (χ0) is 29.9. The van der Waals surface area contributed by atoms with E-state index in [4.69, 9.17) is 4.74 Å². The third kappa shape index (κ3) is 6.58. The Morgan fingerprint density at radius 3 is 2.55 bits per heavy atom. The van der Waals surface area contributed by atoms with Gasteiger partial charge in [-0.15, -0.1) is 0 Å². The number of halogens is 4. The molecule has 1 N–H and O–H groups in total. The molecule has 0 saturated carbocycles. The first-order valence-electron chi connectivity index (χ1n) is 12.6. The van der Waals surface area contributed by atoms with Crippen molar-refractivity contribution in [3.05, 3.63) is 123 Å². The van der Waals surface area contributed by atoms with Crippen molar-refractivity contribution in [3.63, 3.8) is 0 Å². The minimum Gasteiger partial charge on any atom is -0.483 e. The summed E-state index contributed by atoms with van der Waals surface area (Å²) >= 11 is 3.39. The Kier molecular flexibility index (Phi) is 8.21. The van der Waals surface area contributed by atoms with Crippen LogP contribution in [0.25, 0.3) is 22.3 Å². The number of ether oxygens (including phenoxy) is 1. The van der Waals surface area contributed by atoms with E-state index in [-0.39, 0.29) is 29.3 Å². The largest absolute Gasteiger partial charge is 0.483 e. The summed E-state index contributed by atoms with van der Waals surface area (Å²) < 4.78 is 47.8. The van der Waals surface area contributed by atoms with Crippen LogP contribution in [0.15, 0.2) is 105 Å². The molecular weight excluding hydrogens is 613 g/mol. The highest BCUT2D eigenvalue weighted by Crippen LogP contribution is 2.32. The molecule has 0 unspecified atom stereocenters. The molecule has 0 radical (unpaired) electrons. The van der Waals surface area contributed by atoms with Gasteiger partial charge in [0.2, 0.25) is 0 Å². The molecule has 5 rings (SSSR count). The van der Waals surface area contributed by atoms with E-state index >= 15 is 0 Å². The molecular formula is C31H22BrF3N4O3. The van der Waals surface area contributed by atoms with Crippen LogP contribution < -0.4 is 15.6 Å². The number of aryl methyl sites for hydroxylation is 1. The number of hydrogen-bond donors (Lipinski definition) is 1. The number of carbonyl (C=O) groups excluding carboxylic acids is 1. The van der Waals surface area contributed by atoms with Crippen molar-refractivity contribution in [2.75, 3.05) is 11.9 Å². The minimum atomic E-state index is -4.59. The number of fused-ring (bicyclic) bond motifs is 1. The molecule has 4 aromatic carbocycles. The number of hydrogen-bond acceptors (Lipinski definition) is 5. The van der Waals surface area contributed by atoms with E-state index in [1.54, 1.807) is 54.6 Å². The lowest BCUT2D eigenvalue weighted by Crippen LogP contribution is -2.21. The Morgan fingerprint density at radius 2 is 1.79 bits per heavy atom. The maximum Gasteiger partial charge on any atom is 0.416 e. The summed E-state index contributed by atoms with van der Waals surface area (Å²) in [6.07, 6.45) is -3.26. The van der Waals surface area contributed by atoms with Crippen LogP contribution in [0.5, 0.6) is 5.75 Å². The summed E-state index contributed by atoms with van der Waals surface area (Å²) in [6, 6.07) is 23.3. The van der Waals surface area contributed by atoms with Gasteiger partial charge in [-0.25, -0.2) is 4.98 Å². The number of rotatable bonds is 7. The summed E-state index contributed by atoms with van der Waals surface area (Å²) in [7, 11) is 0. The van der Waals surface area contributed by atoms with Crippen LogP contribution in [-0.2, 0) is 11.0 Å². The van der Waals surface area contributed by atoms with E-state index in [1.165, 1.54) is 18.3 Å². The lowest BCUT2D eigenvalue weighted by atomic mass is 10.1. The van der Waals surface area contributed by atoms with Gasteiger partial charge >= 0.3 is 6.18 Å². The predicted octanol–water partition coefficient (Wildman–Crippen LogP) is 7.05. The third-order valence-electron chi connectivity index (χ3n) is 6.18. The minimum absolute atomic E-state index is 0.0586. The van der Waals surface area contributed by atoms with Crippen molar-refractivity contribution >= 4 is 44.6 Å². The van der Waals surface area contributed by atoms with Crippen molar-refractivity contribution in [2.45, 2.75) is 13.1 Å². The quantitative estimate of drug-likeness (QED) is 0.194. The third-order valence-corrected chi connectivity index (χ3v) is 6.67. The number of benzene rings is 4. The summed E-state index contributed by atoms with van der Waals surface area (Å²) in [6.45, 7) is 1.64. The van der Waals surface area contributed by atoms with Gasteiger partial charge in [-0.2, -0.15) is 22.9 Å². The molecule has 0 aliphatic heterocycles. The summed E-state index contributed by atoms with van der Waals surface area (Å²) in [5.41, 5.74) is 0.999. The van der Waals surface area contributed by atoms with Gasteiger partial charge in [0.15, 0.2) is 12.4 Å². The molecule has 0 aliphatic carbocycles. The topological polar surface area (TPSA) is 85.6 Å². The number of nitrogens with zero attached hydrogens (tertiary/aromatic N) is 3. The molecule has 212 valence electrons. The van der Waals surface area contributed by atoms with Crippen molar-refractivity contribution in [2.24, 2.45) is 5.10 Å². The molecule has 0 fully saturated rings. The van der Waals surface area contributed by atoms with Gasteiger partial charge in [0, 0.05) is 21.3 Å². The second-order valence-corrected chi connectivity index (χ2v) is 10.2. The fraction of sp³-hybridized carbons (Fsp3) is 0.0968. The normalized spacial score (nSPS) is 11.6. The summed E-state index contributed by atoms with van der Waals surface area (Å²) in [5, 5.41) is 7.33. The standard InChI is InChI=1S/C31H22BrF3N4O3/c1-19-9-12-24(13-10-19)37-28(40)18-42-27-14-11-23(32)16-21(27)17-36-39-29(20-5-4-6-22(15-20)31(33,34)35)38-26-8-3-2-7-25(26)30(39)41/h2-17H,18H2,1H3,(H,37,40). The highest BCUT2D eigenvalue weighted by molar-refractivity contribution is 9.10. The average Bonchev–Trinajstić information content (AvgIpc) is 2.97. The van der Waals surface area contributed by atoms with Gasteiger partial charge in [-0.3, -0.25) is 9.59 Å².